The molecule has 1 unspecified atom stereocenters. The average Bonchev–Trinajstić information content (AvgIpc) is 3.78. The minimum atomic E-state index is -0.967. The summed E-state index contributed by atoms with van der Waals surface area (Å²) in [4.78, 5) is 13.4. The molecule has 2 aliphatic rings. The van der Waals surface area contributed by atoms with Crippen molar-refractivity contribution in [3.63, 3.8) is 0 Å². The molecule has 2 saturated carbocycles. The van der Waals surface area contributed by atoms with E-state index in [1.807, 2.05) is 42.6 Å². The van der Waals surface area contributed by atoms with E-state index < -0.39 is 6.23 Å². The average molecular weight is 425 g/mol. The van der Waals surface area contributed by atoms with E-state index in [-0.39, 0.29) is 0 Å². The first-order valence-corrected chi connectivity index (χ1v) is 11.0. The number of nitrogens with zero attached hydrogens (tertiary/aromatic N) is 6. The van der Waals surface area contributed by atoms with Crippen LogP contribution in [0.5, 0.6) is 0 Å². The molecule has 160 valence electrons. The van der Waals surface area contributed by atoms with Crippen LogP contribution < -0.4 is 5.32 Å². The van der Waals surface area contributed by atoms with Crippen LogP contribution >= 0.6 is 0 Å². The second kappa shape index (κ2) is 7.80. The molecule has 1 atom stereocenters. The van der Waals surface area contributed by atoms with Crippen molar-refractivity contribution in [3.8, 4) is 22.6 Å². The van der Waals surface area contributed by atoms with E-state index in [0.29, 0.717) is 17.7 Å². The molecule has 0 spiro atoms. The highest BCUT2D eigenvalue weighted by Gasteiger charge is 2.27. The number of aromatic nitrogens is 6. The van der Waals surface area contributed by atoms with E-state index in [4.69, 9.17) is 0 Å². The molecule has 3 aromatic heterocycles. The largest absolute Gasteiger partial charge is 0.368 e. The molecule has 0 bridgehead atoms. The second-order valence-corrected chi connectivity index (χ2v) is 8.49. The number of hydrogen-bond donors (Lipinski definition) is 2. The first-order valence-electron chi connectivity index (χ1n) is 11.0. The van der Waals surface area contributed by atoms with Gasteiger partial charge in [-0.2, -0.15) is 0 Å². The van der Waals surface area contributed by atoms with Gasteiger partial charge in [-0.25, -0.2) is 0 Å². The Kier molecular flexibility index (Phi) is 4.65. The van der Waals surface area contributed by atoms with Crippen LogP contribution in [0.1, 0.15) is 55.3 Å². The molecule has 0 saturated heterocycles. The number of nitrogens with one attached hydrogen (secondary N) is 1. The van der Waals surface area contributed by atoms with Gasteiger partial charge in [-0.1, -0.05) is 12.1 Å². The molecule has 6 rings (SSSR count). The lowest BCUT2D eigenvalue weighted by atomic mass is 10.1. The maximum absolute atomic E-state index is 10.8. The van der Waals surface area contributed by atoms with E-state index in [0.717, 1.165) is 46.9 Å². The molecular weight excluding hydrogens is 402 g/mol. The third-order valence-corrected chi connectivity index (χ3v) is 5.96. The molecule has 8 heteroatoms. The third-order valence-electron chi connectivity index (χ3n) is 5.96. The van der Waals surface area contributed by atoms with Crippen LogP contribution in [0, 0.1) is 0 Å². The van der Waals surface area contributed by atoms with E-state index in [2.05, 4.69) is 35.0 Å². The Hall–Kier alpha value is -3.65. The minimum absolute atomic E-state index is 0.496. The molecule has 2 N–H and O–H groups in total. The Morgan fingerprint density at radius 1 is 0.969 bits per heavy atom. The lowest BCUT2D eigenvalue weighted by molar-refractivity contribution is 0.203. The van der Waals surface area contributed by atoms with Crippen molar-refractivity contribution < 1.29 is 5.11 Å². The lowest BCUT2D eigenvalue weighted by Crippen LogP contribution is -2.11. The van der Waals surface area contributed by atoms with Crippen molar-refractivity contribution in [1.29, 1.82) is 0 Å². The van der Waals surface area contributed by atoms with Crippen molar-refractivity contribution in [3.05, 3.63) is 72.7 Å². The van der Waals surface area contributed by atoms with Gasteiger partial charge in [-0.15, -0.1) is 10.2 Å². The molecular formula is C24H23N7O. The predicted molar refractivity (Wildman–Crippen MR) is 120 cm³/mol. The highest BCUT2D eigenvalue weighted by molar-refractivity contribution is 5.63. The zero-order chi connectivity index (χ0) is 21.5. The van der Waals surface area contributed by atoms with Gasteiger partial charge in [0.05, 0.1) is 23.3 Å². The summed E-state index contributed by atoms with van der Waals surface area (Å²) in [7, 11) is 0. The van der Waals surface area contributed by atoms with Gasteiger partial charge in [0.15, 0.2) is 12.1 Å². The Bertz CT molecular complexity index is 1250. The van der Waals surface area contributed by atoms with Crippen LogP contribution in [0.4, 0.5) is 5.69 Å². The Morgan fingerprint density at radius 2 is 1.88 bits per heavy atom. The van der Waals surface area contributed by atoms with Crippen LogP contribution in [0.2, 0.25) is 0 Å². The number of rotatable bonds is 7. The minimum Gasteiger partial charge on any atom is -0.368 e. The van der Waals surface area contributed by atoms with Gasteiger partial charge < -0.3 is 15.0 Å². The number of hydrogen-bond acceptors (Lipinski definition) is 7. The first-order chi connectivity index (χ1) is 15.7. The lowest BCUT2D eigenvalue weighted by Gasteiger charge is -2.15. The fourth-order valence-corrected chi connectivity index (χ4v) is 3.88. The Balaban J connectivity index is 1.21. The van der Waals surface area contributed by atoms with Gasteiger partial charge in [-0.3, -0.25) is 15.0 Å². The zero-order valence-corrected chi connectivity index (χ0v) is 17.5. The fourth-order valence-electron chi connectivity index (χ4n) is 3.88. The second-order valence-electron chi connectivity index (χ2n) is 8.49. The van der Waals surface area contributed by atoms with Crippen LogP contribution in [0.15, 0.2) is 61.3 Å². The van der Waals surface area contributed by atoms with Crippen LogP contribution in [0.3, 0.4) is 0 Å². The standard InChI is InChI=1S/C24H23N7O/c32-24(20-11-16(8-9-25-20)22-13-26-21(12-27-22)15-4-5-15)29-18-3-1-2-17(10-18)23-30-28-14-31(23)19-6-7-19/h1-3,8-15,19,24,29,32H,4-7H2. The van der Waals surface area contributed by atoms with Gasteiger partial charge in [0.2, 0.25) is 0 Å². The van der Waals surface area contributed by atoms with Crippen molar-refractivity contribution in [2.75, 3.05) is 5.32 Å². The van der Waals surface area contributed by atoms with E-state index in [1.54, 1.807) is 18.7 Å². The summed E-state index contributed by atoms with van der Waals surface area (Å²) in [6.45, 7) is 0. The molecule has 2 aliphatic carbocycles. The molecule has 32 heavy (non-hydrogen) atoms. The van der Waals surface area contributed by atoms with E-state index in [1.165, 1.54) is 12.8 Å². The van der Waals surface area contributed by atoms with Gasteiger partial charge in [0, 0.05) is 41.2 Å². The number of aliphatic hydroxyl groups is 1. The van der Waals surface area contributed by atoms with Crippen molar-refractivity contribution in [2.45, 2.75) is 43.9 Å². The molecule has 3 heterocycles. The van der Waals surface area contributed by atoms with Crippen LogP contribution in [-0.2, 0) is 0 Å². The van der Waals surface area contributed by atoms with Gasteiger partial charge in [0.1, 0.15) is 6.33 Å². The van der Waals surface area contributed by atoms with Crippen molar-refractivity contribution >= 4 is 5.69 Å². The maximum Gasteiger partial charge on any atom is 0.168 e. The number of benzene rings is 1. The molecule has 8 nitrogen and oxygen atoms in total. The SMILES string of the molecule is OC(Nc1cccc(-c2nncn2C2CC2)c1)c1cc(-c2cnc(C3CC3)cn2)ccn1. The summed E-state index contributed by atoms with van der Waals surface area (Å²) in [6, 6.07) is 12.0. The quantitative estimate of drug-likeness (QED) is 0.430. The summed E-state index contributed by atoms with van der Waals surface area (Å²) in [5, 5.41) is 22.3. The predicted octanol–water partition coefficient (Wildman–Crippen LogP) is 4.11. The molecule has 2 fully saturated rings. The molecule has 0 aliphatic heterocycles. The monoisotopic (exact) mass is 425 g/mol. The number of aliphatic hydroxyl groups excluding tert-OH is 1. The molecule has 1 aromatic carbocycles. The normalized spacial score (nSPS) is 16.7. The smallest absolute Gasteiger partial charge is 0.168 e. The summed E-state index contributed by atoms with van der Waals surface area (Å²) in [6.07, 6.45) is 10.9. The highest BCUT2D eigenvalue weighted by atomic mass is 16.3. The van der Waals surface area contributed by atoms with Gasteiger partial charge in [-0.05, 0) is 49.9 Å². The number of pyridine rings is 1. The fraction of sp³-hybridized carbons (Fsp3) is 0.292. The summed E-state index contributed by atoms with van der Waals surface area (Å²) in [5.74, 6) is 1.42. The van der Waals surface area contributed by atoms with Crippen molar-refractivity contribution in [2.24, 2.45) is 0 Å². The van der Waals surface area contributed by atoms with Gasteiger partial charge in [0.25, 0.3) is 0 Å². The molecule has 0 radical (unpaired) electrons. The Labute approximate surface area is 185 Å². The number of anilines is 1. The third kappa shape index (κ3) is 3.85. The van der Waals surface area contributed by atoms with E-state index >= 15 is 0 Å². The molecule has 0 amide bonds. The van der Waals surface area contributed by atoms with Crippen molar-refractivity contribution in [1.82, 2.24) is 29.7 Å². The zero-order valence-electron chi connectivity index (χ0n) is 17.5. The van der Waals surface area contributed by atoms with Gasteiger partial charge >= 0.3 is 0 Å². The summed E-state index contributed by atoms with van der Waals surface area (Å²) in [5.41, 5.74) is 4.95. The van der Waals surface area contributed by atoms with Crippen LogP contribution in [0.25, 0.3) is 22.6 Å². The van der Waals surface area contributed by atoms with Crippen LogP contribution in [-0.4, -0.2) is 34.8 Å². The Morgan fingerprint density at radius 3 is 2.66 bits per heavy atom. The maximum atomic E-state index is 10.8. The first kappa shape index (κ1) is 19.1. The topological polar surface area (TPSA) is 102 Å². The molecule has 4 aromatic rings. The summed E-state index contributed by atoms with van der Waals surface area (Å²) >= 11 is 0. The summed E-state index contributed by atoms with van der Waals surface area (Å²) < 4.78 is 2.12. The van der Waals surface area contributed by atoms with E-state index in [9.17, 15) is 5.11 Å². The highest BCUT2D eigenvalue weighted by Crippen LogP contribution is 2.39.